The highest BCUT2D eigenvalue weighted by molar-refractivity contribution is 5.79. The number of aromatic nitrogens is 1. The van der Waals surface area contributed by atoms with Crippen molar-refractivity contribution < 1.29 is 9.47 Å². The second-order valence-electron chi connectivity index (χ2n) is 6.02. The van der Waals surface area contributed by atoms with Crippen molar-refractivity contribution in [3.8, 4) is 11.5 Å². The van der Waals surface area contributed by atoms with Gasteiger partial charge in [0.15, 0.2) is 17.5 Å². The normalized spacial score (nSPS) is 12.4. The predicted octanol–water partition coefficient (Wildman–Crippen LogP) is 2.57. The van der Waals surface area contributed by atoms with Crippen molar-refractivity contribution in [1.82, 2.24) is 15.6 Å². The number of hydrogen-bond donors (Lipinski definition) is 2. The maximum absolute atomic E-state index is 5.94. The predicted molar refractivity (Wildman–Crippen MR) is 105 cm³/mol. The van der Waals surface area contributed by atoms with Crippen molar-refractivity contribution in [1.29, 1.82) is 0 Å². The van der Waals surface area contributed by atoms with Gasteiger partial charge in [0.2, 0.25) is 0 Å². The first-order valence-electron chi connectivity index (χ1n) is 8.78. The quantitative estimate of drug-likeness (QED) is 0.562. The minimum Gasteiger partial charge on any atom is -0.493 e. The monoisotopic (exact) mass is 356 g/mol. The Balaban J connectivity index is 1.74. The second kappa shape index (κ2) is 10.3. The molecule has 1 aromatic carbocycles. The molecule has 0 radical (unpaired) electrons. The molecule has 2 aromatic rings. The fraction of sp³-hybridized carbons (Fsp3) is 0.400. The van der Waals surface area contributed by atoms with E-state index >= 15 is 0 Å². The van der Waals surface area contributed by atoms with Gasteiger partial charge in [-0.15, -0.1) is 0 Å². The van der Waals surface area contributed by atoms with Gasteiger partial charge in [-0.25, -0.2) is 0 Å². The molecule has 1 unspecified atom stereocenters. The van der Waals surface area contributed by atoms with Gasteiger partial charge >= 0.3 is 0 Å². The van der Waals surface area contributed by atoms with E-state index in [0.29, 0.717) is 6.54 Å². The molecule has 1 aromatic heterocycles. The summed E-state index contributed by atoms with van der Waals surface area (Å²) in [6, 6.07) is 11.8. The summed E-state index contributed by atoms with van der Waals surface area (Å²) in [5.41, 5.74) is 2.23. The molecule has 1 atom stereocenters. The number of benzene rings is 1. The van der Waals surface area contributed by atoms with Gasteiger partial charge < -0.3 is 20.1 Å². The van der Waals surface area contributed by atoms with Crippen LogP contribution in [0.25, 0.3) is 0 Å². The summed E-state index contributed by atoms with van der Waals surface area (Å²) in [6.45, 7) is 5.41. The molecule has 0 amide bonds. The number of ether oxygens (including phenoxy) is 2. The largest absolute Gasteiger partial charge is 0.493 e. The molecule has 0 aliphatic carbocycles. The van der Waals surface area contributed by atoms with E-state index in [1.807, 2.05) is 50.4 Å². The van der Waals surface area contributed by atoms with Crippen LogP contribution in [0.3, 0.4) is 0 Å². The van der Waals surface area contributed by atoms with Gasteiger partial charge in [-0.2, -0.15) is 0 Å². The van der Waals surface area contributed by atoms with Gasteiger partial charge in [-0.05, 0) is 44.0 Å². The standard InChI is InChI=1S/C20H28N4O2/c1-15-9-10-17(14-23-15)11-12-22-20(21-3)24-13-16(2)26-19-8-6-5-7-18(19)25-4/h5-10,14,16H,11-13H2,1-4H3,(H2,21,22,24). The number of pyridine rings is 1. The lowest BCUT2D eigenvalue weighted by Crippen LogP contribution is -2.42. The zero-order valence-corrected chi connectivity index (χ0v) is 16.0. The van der Waals surface area contributed by atoms with E-state index in [1.54, 1.807) is 14.2 Å². The number of para-hydroxylation sites is 2. The molecule has 0 bridgehead atoms. The number of aliphatic imine (C=N–C) groups is 1. The van der Waals surface area contributed by atoms with Crippen LogP contribution in [0.4, 0.5) is 0 Å². The van der Waals surface area contributed by atoms with E-state index in [-0.39, 0.29) is 6.10 Å². The summed E-state index contributed by atoms with van der Waals surface area (Å²) in [4.78, 5) is 8.55. The number of aryl methyl sites for hydroxylation is 1. The second-order valence-corrected chi connectivity index (χ2v) is 6.02. The summed E-state index contributed by atoms with van der Waals surface area (Å²) in [5.74, 6) is 2.22. The Hall–Kier alpha value is -2.76. The SMILES string of the molecule is CN=C(NCCc1ccc(C)nc1)NCC(C)Oc1ccccc1OC. The first-order valence-corrected chi connectivity index (χ1v) is 8.78. The molecule has 140 valence electrons. The number of hydrogen-bond acceptors (Lipinski definition) is 4. The van der Waals surface area contributed by atoms with Crippen LogP contribution in [0.5, 0.6) is 11.5 Å². The van der Waals surface area contributed by atoms with Crippen molar-refractivity contribution in [2.24, 2.45) is 4.99 Å². The van der Waals surface area contributed by atoms with Gasteiger partial charge in [0.25, 0.3) is 0 Å². The first kappa shape index (κ1) is 19.6. The molecule has 0 aliphatic heterocycles. The molecule has 0 saturated heterocycles. The van der Waals surface area contributed by atoms with Crippen LogP contribution in [0, 0.1) is 6.92 Å². The molecule has 2 N–H and O–H groups in total. The third-order valence-electron chi connectivity index (χ3n) is 3.86. The lowest BCUT2D eigenvalue weighted by Gasteiger charge is -2.19. The molecule has 0 aliphatic rings. The van der Waals surface area contributed by atoms with Crippen molar-refractivity contribution in [3.63, 3.8) is 0 Å². The van der Waals surface area contributed by atoms with E-state index in [2.05, 4.69) is 26.7 Å². The molecule has 0 fully saturated rings. The van der Waals surface area contributed by atoms with Crippen LogP contribution in [0.2, 0.25) is 0 Å². The zero-order valence-electron chi connectivity index (χ0n) is 16.0. The summed E-state index contributed by atoms with van der Waals surface area (Å²) in [6.07, 6.45) is 2.77. The molecule has 6 heteroatoms. The fourth-order valence-corrected chi connectivity index (χ4v) is 2.41. The van der Waals surface area contributed by atoms with Crippen LogP contribution < -0.4 is 20.1 Å². The molecule has 2 rings (SSSR count). The highest BCUT2D eigenvalue weighted by Gasteiger charge is 2.09. The average molecular weight is 356 g/mol. The molecular formula is C20H28N4O2. The Morgan fingerprint density at radius 2 is 1.92 bits per heavy atom. The number of rotatable bonds is 8. The van der Waals surface area contributed by atoms with E-state index in [9.17, 15) is 0 Å². The van der Waals surface area contributed by atoms with E-state index < -0.39 is 0 Å². The van der Waals surface area contributed by atoms with Gasteiger partial charge in [-0.1, -0.05) is 18.2 Å². The third kappa shape index (κ3) is 6.27. The van der Waals surface area contributed by atoms with Crippen molar-refractivity contribution >= 4 is 5.96 Å². The van der Waals surface area contributed by atoms with E-state index in [0.717, 1.165) is 36.1 Å². The van der Waals surface area contributed by atoms with Crippen LogP contribution in [0.1, 0.15) is 18.2 Å². The van der Waals surface area contributed by atoms with Crippen molar-refractivity contribution in [3.05, 3.63) is 53.9 Å². The number of nitrogens with zero attached hydrogens (tertiary/aromatic N) is 2. The van der Waals surface area contributed by atoms with E-state index in [4.69, 9.17) is 9.47 Å². The Labute approximate surface area is 155 Å². The number of guanidine groups is 1. The number of methoxy groups -OCH3 is 1. The maximum Gasteiger partial charge on any atom is 0.191 e. The maximum atomic E-state index is 5.94. The molecular weight excluding hydrogens is 328 g/mol. The van der Waals surface area contributed by atoms with Crippen LogP contribution in [0.15, 0.2) is 47.6 Å². The van der Waals surface area contributed by atoms with Gasteiger partial charge in [0, 0.05) is 25.5 Å². The Kier molecular flexibility index (Phi) is 7.74. The summed E-state index contributed by atoms with van der Waals surface area (Å²) in [5, 5.41) is 6.58. The smallest absolute Gasteiger partial charge is 0.191 e. The molecule has 1 heterocycles. The minimum atomic E-state index is -0.0360. The Bertz CT molecular complexity index is 701. The lowest BCUT2D eigenvalue weighted by atomic mass is 10.2. The molecule has 0 spiro atoms. The highest BCUT2D eigenvalue weighted by Crippen LogP contribution is 2.26. The lowest BCUT2D eigenvalue weighted by molar-refractivity contribution is 0.213. The van der Waals surface area contributed by atoms with Crippen LogP contribution in [-0.2, 0) is 6.42 Å². The third-order valence-corrected chi connectivity index (χ3v) is 3.86. The fourth-order valence-electron chi connectivity index (χ4n) is 2.41. The summed E-state index contributed by atoms with van der Waals surface area (Å²) >= 11 is 0. The summed E-state index contributed by atoms with van der Waals surface area (Å²) in [7, 11) is 3.40. The Morgan fingerprint density at radius 1 is 1.15 bits per heavy atom. The van der Waals surface area contributed by atoms with Gasteiger partial charge in [0.1, 0.15) is 6.10 Å². The van der Waals surface area contributed by atoms with Crippen molar-refractivity contribution in [2.75, 3.05) is 27.2 Å². The average Bonchev–Trinajstić information content (AvgIpc) is 2.66. The molecule has 26 heavy (non-hydrogen) atoms. The highest BCUT2D eigenvalue weighted by atomic mass is 16.5. The summed E-state index contributed by atoms with van der Waals surface area (Å²) < 4.78 is 11.2. The first-order chi connectivity index (χ1) is 12.6. The van der Waals surface area contributed by atoms with E-state index in [1.165, 1.54) is 5.56 Å². The topological polar surface area (TPSA) is 67.8 Å². The van der Waals surface area contributed by atoms with Crippen LogP contribution in [-0.4, -0.2) is 44.3 Å². The zero-order chi connectivity index (χ0) is 18.8. The van der Waals surface area contributed by atoms with Crippen molar-refractivity contribution in [2.45, 2.75) is 26.4 Å². The van der Waals surface area contributed by atoms with Gasteiger partial charge in [0.05, 0.1) is 13.7 Å². The Morgan fingerprint density at radius 3 is 2.58 bits per heavy atom. The number of nitrogens with one attached hydrogen (secondary N) is 2. The van der Waals surface area contributed by atoms with Crippen LogP contribution >= 0.6 is 0 Å². The van der Waals surface area contributed by atoms with Gasteiger partial charge in [-0.3, -0.25) is 9.98 Å². The molecule has 0 saturated carbocycles. The molecule has 6 nitrogen and oxygen atoms in total. The minimum absolute atomic E-state index is 0.0360.